The van der Waals surface area contributed by atoms with Crippen molar-refractivity contribution in [1.29, 1.82) is 0 Å². The zero-order valence-electron chi connectivity index (χ0n) is 19.8. The van der Waals surface area contributed by atoms with Gasteiger partial charge in [-0.25, -0.2) is 9.67 Å². The number of oxazole rings is 1. The first-order chi connectivity index (χ1) is 18.0. The van der Waals surface area contributed by atoms with Crippen molar-refractivity contribution in [1.82, 2.24) is 24.6 Å². The van der Waals surface area contributed by atoms with E-state index in [1.807, 2.05) is 48.5 Å². The zero-order chi connectivity index (χ0) is 25.5. The van der Waals surface area contributed by atoms with Crippen LogP contribution in [0.5, 0.6) is 0 Å². The molecule has 1 aliphatic heterocycles. The van der Waals surface area contributed by atoms with Crippen LogP contribution < -0.4 is 15.8 Å². The minimum absolute atomic E-state index is 0.0510. The summed E-state index contributed by atoms with van der Waals surface area (Å²) in [5.74, 6) is -0.638. The summed E-state index contributed by atoms with van der Waals surface area (Å²) >= 11 is 0. The second kappa shape index (κ2) is 8.90. The lowest BCUT2D eigenvalue weighted by atomic mass is 9.99. The summed E-state index contributed by atoms with van der Waals surface area (Å²) in [6.07, 6.45) is 6.31. The maximum atomic E-state index is 13.4. The van der Waals surface area contributed by atoms with Crippen molar-refractivity contribution in [3.8, 4) is 5.69 Å². The molecule has 184 valence electrons. The quantitative estimate of drug-likeness (QED) is 0.402. The number of fused-ring (bicyclic) bond motifs is 1. The van der Waals surface area contributed by atoms with Gasteiger partial charge >= 0.3 is 5.91 Å². The topological polar surface area (TPSA) is 115 Å². The summed E-state index contributed by atoms with van der Waals surface area (Å²) in [4.78, 5) is 43.5. The fourth-order valence-electron chi connectivity index (χ4n) is 4.85. The molecule has 1 unspecified atom stereocenters. The number of nitrogens with one attached hydrogen (secondary N) is 1. The number of rotatable bonds is 5. The molecule has 4 heterocycles. The van der Waals surface area contributed by atoms with E-state index in [0.717, 1.165) is 22.2 Å². The van der Waals surface area contributed by atoms with Crippen molar-refractivity contribution in [3.63, 3.8) is 0 Å². The zero-order valence-corrected chi connectivity index (χ0v) is 19.8. The van der Waals surface area contributed by atoms with Crippen LogP contribution in [-0.4, -0.2) is 37.2 Å². The molecule has 1 saturated heterocycles. The molecule has 6 rings (SSSR count). The van der Waals surface area contributed by atoms with Gasteiger partial charge in [-0.2, -0.15) is 5.10 Å². The predicted octanol–water partition coefficient (Wildman–Crippen LogP) is 2.99. The Morgan fingerprint density at radius 2 is 1.86 bits per heavy atom. The Kier molecular flexibility index (Phi) is 5.41. The number of carbonyl (C=O) groups is 2. The molecular formula is C27H22N6O4. The van der Waals surface area contributed by atoms with Crippen LogP contribution in [0.15, 0.2) is 94.7 Å². The second-order valence-corrected chi connectivity index (χ2v) is 8.88. The smallest absolute Gasteiger partial charge is 0.307 e. The molecule has 0 bridgehead atoms. The molecule has 5 aromatic rings. The van der Waals surface area contributed by atoms with Crippen LogP contribution in [0.1, 0.15) is 28.7 Å². The minimum atomic E-state index is -0.488. The van der Waals surface area contributed by atoms with Crippen LogP contribution in [0, 0.1) is 0 Å². The van der Waals surface area contributed by atoms with Crippen LogP contribution in [0.25, 0.3) is 16.6 Å². The number of aromatic nitrogens is 4. The Morgan fingerprint density at radius 3 is 2.62 bits per heavy atom. The number of pyridine rings is 1. The highest BCUT2D eigenvalue weighted by molar-refractivity contribution is 6.00. The molecule has 0 saturated carbocycles. The van der Waals surface area contributed by atoms with Crippen molar-refractivity contribution < 1.29 is 14.0 Å². The van der Waals surface area contributed by atoms with E-state index in [-0.39, 0.29) is 23.8 Å². The van der Waals surface area contributed by atoms with E-state index in [9.17, 15) is 14.4 Å². The Labute approximate surface area is 210 Å². The number of amides is 2. The molecule has 10 nitrogen and oxygen atoms in total. The lowest BCUT2D eigenvalue weighted by Crippen LogP contribution is -2.40. The first kappa shape index (κ1) is 22.5. The number of nitrogens with zero attached hydrogens (tertiary/aromatic N) is 5. The van der Waals surface area contributed by atoms with Crippen LogP contribution in [-0.2, 0) is 11.8 Å². The van der Waals surface area contributed by atoms with Gasteiger partial charge in [-0.3, -0.25) is 14.4 Å². The minimum Gasteiger partial charge on any atom is -0.441 e. The molecule has 1 N–H and O–H groups in total. The fraction of sp³-hybridized carbons (Fsp3) is 0.148. The summed E-state index contributed by atoms with van der Waals surface area (Å²) in [6.45, 7) is 0. The number of anilines is 1. The third kappa shape index (κ3) is 3.98. The molecule has 0 aliphatic carbocycles. The summed E-state index contributed by atoms with van der Waals surface area (Å²) in [5, 5.41) is 8.27. The summed E-state index contributed by atoms with van der Waals surface area (Å²) < 4.78 is 8.38. The van der Waals surface area contributed by atoms with Crippen LogP contribution in [0.2, 0.25) is 0 Å². The van der Waals surface area contributed by atoms with Crippen LogP contribution in [0.3, 0.4) is 0 Å². The maximum absolute atomic E-state index is 13.4. The van der Waals surface area contributed by atoms with Gasteiger partial charge in [0.25, 0.3) is 5.89 Å². The summed E-state index contributed by atoms with van der Waals surface area (Å²) in [6, 6.07) is 17.6. The SMILES string of the molecule is Cn1cc(-n2ncc3cc(N4C(=O)CC(NC(=O)c5ncco5)[C@H]4c4ccccc4)ccc32)ccc1=O. The van der Waals surface area contributed by atoms with E-state index in [2.05, 4.69) is 15.4 Å². The average Bonchev–Trinajstić information content (AvgIpc) is 3.65. The Hall–Kier alpha value is -4.99. The third-order valence-corrected chi connectivity index (χ3v) is 6.55. The van der Waals surface area contributed by atoms with E-state index >= 15 is 0 Å². The van der Waals surface area contributed by atoms with E-state index in [1.165, 1.54) is 23.1 Å². The average molecular weight is 495 g/mol. The number of aryl methyl sites for hydroxylation is 1. The summed E-state index contributed by atoms with van der Waals surface area (Å²) in [7, 11) is 1.69. The van der Waals surface area contributed by atoms with Gasteiger partial charge in [0.1, 0.15) is 6.26 Å². The first-order valence-corrected chi connectivity index (χ1v) is 11.7. The molecule has 0 spiro atoms. The van der Waals surface area contributed by atoms with Crippen LogP contribution >= 0.6 is 0 Å². The highest BCUT2D eigenvalue weighted by Crippen LogP contribution is 2.38. The predicted molar refractivity (Wildman–Crippen MR) is 135 cm³/mol. The molecule has 3 aromatic heterocycles. The second-order valence-electron chi connectivity index (χ2n) is 8.88. The third-order valence-electron chi connectivity index (χ3n) is 6.55. The van der Waals surface area contributed by atoms with Gasteiger partial charge in [-0.15, -0.1) is 0 Å². The van der Waals surface area contributed by atoms with Gasteiger partial charge in [0.15, 0.2) is 0 Å². The summed E-state index contributed by atoms with van der Waals surface area (Å²) in [5.41, 5.74) is 3.07. The van der Waals surface area contributed by atoms with Gasteiger partial charge in [0.05, 0.1) is 35.7 Å². The van der Waals surface area contributed by atoms with Crippen molar-refractivity contribution >= 4 is 28.4 Å². The molecule has 10 heteroatoms. The normalized spacial score (nSPS) is 17.4. The lowest BCUT2D eigenvalue weighted by molar-refractivity contribution is -0.117. The van der Waals surface area contributed by atoms with Crippen molar-refractivity contribution in [2.75, 3.05) is 4.90 Å². The monoisotopic (exact) mass is 494 g/mol. The van der Waals surface area contributed by atoms with E-state index in [4.69, 9.17) is 4.42 Å². The van der Waals surface area contributed by atoms with E-state index in [1.54, 1.807) is 35.1 Å². The van der Waals surface area contributed by atoms with E-state index < -0.39 is 18.0 Å². The highest BCUT2D eigenvalue weighted by atomic mass is 16.3. The van der Waals surface area contributed by atoms with Gasteiger partial charge < -0.3 is 19.2 Å². The fourth-order valence-corrected chi connectivity index (χ4v) is 4.85. The Balaban J connectivity index is 1.38. The van der Waals surface area contributed by atoms with Crippen molar-refractivity contribution in [2.45, 2.75) is 18.5 Å². The molecule has 2 atom stereocenters. The number of benzene rings is 2. The molecule has 2 amide bonds. The van der Waals surface area contributed by atoms with Gasteiger partial charge in [0, 0.05) is 36.8 Å². The van der Waals surface area contributed by atoms with Crippen molar-refractivity contribution in [2.24, 2.45) is 7.05 Å². The van der Waals surface area contributed by atoms with Gasteiger partial charge in [0.2, 0.25) is 11.5 Å². The lowest BCUT2D eigenvalue weighted by Gasteiger charge is -2.29. The van der Waals surface area contributed by atoms with Gasteiger partial charge in [-0.05, 0) is 29.8 Å². The molecular weight excluding hydrogens is 472 g/mol. The molecule has 37 heavy (non-hydrogen) atoms. The van der Waals surface area contributed by atoms with Crippen molar-refractivity contribution in [3.05, 3.63) is 107 Å². The molecule has 1 fully saturated rings. The molecule has 1 aliphatic rings. The Morgan fingerprint density at radius 1 is 1.05 bits per heavy atom. The number of carbonyl (C=O) groups excluding carboxylic acids is 2. The number of hydrogen-bond acceptors (Lipinski definition) is 6. The first-order valence-electron chi connectivity index (χ1n) is 11.7. The maximum Gasteiger partial charge on any atom is 0.307 e. The highest BCUT2D eigenvalue weighted by Gasteiger charge is 2.42. The molecule has 0 radical (unpaired) electrons. The van der Waals surface area contributed by atoms with Crippen LogP contribution in [0.4, 0.5) is 5.69 Å². The Bertz CT molecular complexity index is 1670. The largest absolute Gasteiger partial charge is 0.441 e. The van der Waals surface area contributed by atoms with E-state index in [0.29, 0.717) is 5.69 Å². The standard InChI is InChI=1S/C27H22N6O4/c1-31-16-20(8-10-23(31)34)33-22-9-7-19(13-18(22)15-29-33)32-24(35)14-21(25(32)17-5-3-2-4-6-17)30-26(36)27-28-11-12-37-27/h2-13,15-16,21,25H,14H2,1H3,(H,30,36)/t21?,25-/m1/s1. The number of hydrogen-bond donors (Lipinski definition) is 1. The molecule has 2 aromatic carbocycles. The van der Waals surface area contributed by atoms with Gasteiger partial charge in [-0.1, -0.05) is 30.3 Å².